The molecule has 0 atom stereocenters. The number of benzene rings is 1. The largest absolute Gasteiger partial charge is 0.462 e. The lowest BCUT2D eigenvalue weighted by Gasteiger charge is -2.04. The number of rotatable bonds is 5. The first-order valence-electron chi connectivity index (χ1n) is 8.37. The van der Waals surface area contributed by atoms with Gasteiger partial charge in [0, 0.05) is 16.7 Å². The van der Waals surface area contributed by atoms with Gasteiger partial charge in [-0.15, -0.1) is 11.3 Å². The summed E-state index contributed by atoms with van der Waals surface area (Å²) in [6, 6.07) is 9.71. The third kappa shape index (κ3) is 3.06. The minimum absolute atomic E-state index is 0.247. The summed E-state index contributed by atoms with van der Waals surface area (Å²) in [6.45, 7) is 1.98. The second-order valence-electron chi connectivity index (χ2n) is 5.72. The predicted molar refractivity (Wildman–Crippen MR) is 108 cm³/mol. The fourth-order valence-corrected chi connectivity index (χ4v) is 4.84. The van der Waals surface area contributed by atoms with Crippen LogP contribution in [0, 0.1) is 11.3 Å². The van der Waals surface area contributed by atoms with Crippen LogP contribution in [0.15, 0.2) is 40.0 Å². The molecular formula is C19H14N4O3S2. The van der Waals surface area contributed by atoms with Crippen molar-refractivity contribution in [2.24, 2.45) is 0 Å². The normalized spacial score (nSPS) is 11.0. The molecular weight excluding hydrogens is 396 g/mol. The third-order valence-corrected chi connectivity index (χ3v) is 6.12. The van der Waals surface area contributed by atoms with Crippen molar-refractivity contribution in [3.63, 3.8) is 0 Å². The second-order valence-corrected chi connectivity index (χ2v) is 7.74. The van der Waals surface area contributed by atoms with Crippen LogP contribution in [0.3, 0.4) is 0 Å². The van der Waals surface area contributed by atoms with Gasteiger partial charge in [-0.3, -0.25) is 0 Å². The van der Waals surface area contributed by atoms with Crippen LogP contribution in [0.5, 0.6) is 0 Å². The molecule has 3 heterocycles. The van der Waals surface area contributed by atoms with Crippen molar-refractivity contribution < 1.29 is 13.9 Å². The van der Waals surface area contributed by atoms with Gasteiger partial charge in [-0.25, -0.2) is 14.8 Å². The number of thiophene rings is 1. The van der Waals surface area contributed by atoms with Crippen LogP contribution >= 0.6 is 23.1 Å². The Hall–Kier alpha value is -3.09. The Morgan fingerprint density at radius 2 is 2.21 bits per heavy atom. The lowest BCUT2D eigenvalue weighted by molar-refractivity contribution is 0.0531. The highest BCUT2D eigenvalue weighted by atomic mass is 32.2. The van der Waals surface area contributed by atoms with E-state index in [1.807, 2.05) is 24.3 Å². The molecule has 140 valence electrons. The van der Waals surface area contributed by atoms with Crippen molar-refractivity contribution in [2.45, 2.75) is 17.7 Å². The van der Waals surface area contributed by atoms with E-state index in [9.17, 15) is 10.1 Å². The van der Waals surface area contributed by atoms with Crippen molar-refractivity contribution in [2.75, 3.05) is 12.3 Å². The fraction of sp³-hybridized carbons (Fsp3) is 0.158. The molecule has 7 nitrogen and oxygen atoms in total. The van der Waals surface area contributed by atoms with Crippen molar-refractivity contribution in [1.29, 1.82) is 5.26 Å². The highest BCUT2D eigenvalue weighted by Gasteiger charge is 2.23. The van der Waals surface area contributed by atoms with Gasteiger partial charge >= 0.3 is 5.97 Å². The molecule has 3 aromatic heterocycles. The highest BCUT2D eigenvalue weighted by Crippen LogP contribution is 2.38. The number of carbonyl (C=O) groups is 1. The van der Waals surface area contributed by atoms with Gasteiger partial charge in [-0.05, 0) is 19.1 Å². The smallest absolute Gasteiger partial charge is 0.348 e. The van der Waals surface area contributed by atoms with E-state index in [2.05, 4.69) is 16.0 Å². The minimum atomic E-state index is -0.479. The van der Waals surface area contributed by atoms with Crippen LogP contribution in [0.2, 0.25) is 0 Å². The average Bonchev–Trinajstić information content (AvgIpc) is 3.24. The number of furan rings is 1. The van der Waals surface area contributed by atoms with Crippen molar-refractivity contribution >= 4 is 56.1 Å². The molecule has 28 heavy (non-hydrogen) atoms. The molecule has 2 N–H and O–H groups in total. The fourth-order valence-electron chi connectivity index (χ4n) is 2.85. The number of hydrogen-bond donors (Lipinski definition) is 1. The first-order chi connectivity index (χ1) is 13.6. The summed E-state index contributed by atoms with van der Waals surface area (Å²) in [6.07, 6.45) is 1.48. The summed E-state index contributed by atoms with van der Waals surface area (Å²) in [4.78, 5) is 21.3. The minimum Gasteiger partial charge on any atom is -0.462 e. The number of nitriles is 1. The van der Waals surface area contributed by atoms with Gasteiger partial charge in [-0.1, -0.05) is 23.9 Å². The molecule has 0 saturated heterocycles. The SMILES string of the molecule is CCOC(=O)c1sc(N)c(C#N)c1CSc1ncnc2c1oc1ccccc12. The number of thioether (sulfide) groups is 1. The zero-order valence-corrected chi connectivity index (χ0v) is 16.4. The van der Waals surface area contributed by atoms with Crippen LogP contribution in [0.1, 0.15) is 27.7 Å². The molecule has 0 saturated carbocycles. The molecule has 0 amide bonds. The van der Waals surface area contributed by atoms with Crippen LogP contribution < -0.4 is 5.73 Å². The molecule has 0 aliphatic heterocycles. The molecule has 0 aliphatic rings. The Labute approximate surface area is 168 Å². The summed E-state index contributed by atoms with van der Waals surface area (Å²) < 4.78 is 11.0. The van der Waals surface area contributed by atoms with E-state index >= 15 is 0 Å². The molecule has 0 aliphatic carbocycles. The van der Waals surface area contributed by atoms with E-state index in [1.54, 1.807) is 6.92 Å². The van der Waals surface area contributed by atoms with Crippen LogP contribution in [0.4, 0.5) is 5.00 Å². The van der Waals surface area contributed by atoms with E-state index in [0.29, 0.717) is 37.4 Å². The molecule has 0 spiro atoms. The number of hydrogen-bond acceptors (Lipinski definition) is 9. The lowest BCUT2D eigenvalue weighted by Crippen LogP contribution is -2.05. The molecule has 4 aromatic rings. The van der Waals surface area contributed by atoms with E-state index in [-0.39, 0.29) is 6.61 Å². The summed E-state index contributed by atoms with van der Waals surface area (Å²) in [5.74, 6) is -0.152. The molecule has 0 unspecified atom stereocenters. The first kappa shape index (κ1) is 18.3. The number of esters is 1. The van der Waals surface area contributed by atoms with Gasteiger partial charge in [0.25, 0.3) is 0 Å². The molecule has 1 aromatic carbocycles. The Morgan fingerprint density at radius 1 is 1.39 bits per heavy atom. The Kier molecular flexibility index (Phi) is 4.90. The Morgan fingerprint density at radius 3 is 3.00 bits per heavy atom. The van der Waals surface area contributed by atoms with Gasteiger partial charge in [0.1, 0.15) is 38.4 Å². The monoisotopic (exact) mass is 410 g/mol. The van der Waals surface area contributed by atoms with Gasteiger partial charge in [0.05, 0.1) is 12.2 Å². The maximum absolute atomic E-state index is 12.3. The maximum Gasteiger partial charge on any atom is 0.348 e. The number of ether oxygens (including phenoxy) is 1. The number of aromatic nitrogens is 2. The van der Waals surface area contributed by atoms with Crippen molar-refractivity contribution in [1.82, 2.24) is 9.97 Å². The maximum atomic E-state index is 12.3. The molecule has 9 heteroatoms. The number of nitrogen functional groups attached to an aromatic ring is 1. The Bertz CT molecular complexity index is 1240. The van der Waals surface area contributed by atoms with Crippen LogP contribution in [-0.4, -0.2) is 22.5 Å². The molecule has 0 bridgehead atoms. The summed E-state index contributed by atoms with van der Waals surface area (Å²) in [7, 11) is 0. The van der Waals surface area contributed by atoms with Crippen molar-refractivity contribution in [3.8, 4) is 6.07 Å². The molecule has 4 rings (SSSR count). The van der Waals surface area contributed by atoms with E-state index in [1.165, 1.54) is 18.1 Å². The van der Waals surface area contributed by atoms with Crippen LogP contribution in [0.25, 0.3) is 22.1 Å². The van der Waals surface area contributed by atoms with Gasteiger partial charge < -0.3 is 14.9 Å². The predicted octanol–water partition coefficient (Wildman–Crippen LogP) is 4.36. The quantitative estimate of drug-likeness (QED) is 0.293. The lowest BCUT2D eigenvalue weighted by atomic mass is 10.2. The summed E-state index contributed by atoms with van der Waals surface area (Å²) in [5.41, 5.74) is 8.81. The number of nitrogens with zero attached hydrogens (tertiary/aromatic N) is 3. The van der Waals surface area contributed by atoms with Crippen LogP contribution in [-0.2, 0) is 10.5 Å². The second kappa shape index (κ2) is 7.50. The van der Waals surface area contributed by atoms with Gasteiger partial charge in [0.2, 0.25) is 0 Å². The third-order valence-electron chi connectivity index (χ3n) is 4.09. The summed E-state index contributed by atoms with van der Waals surface area (Å²) >= 11 is 2.43. The van der Waals surface area contributed by atoms with E-state index < -0.39 is 5.97 Å². The average molecular weight is 410 g/mol. The van der Waals surface area contributed by atoms with E-state index in [0.717, 1.165) is 27.8 Å². The van der Waals surface area contributed by atoms with Crippen molar-refractivity contribution in [3.05, 3.63) is 46.6 Å². The Balaban J connectivity index is 1.72. The highest BCUT2D eigenvalue weighted by molar-refractivity contribution is 7.98. The molecule has 0 fully saturated rings. The zero-order chi connectivity index (χ0) is 19.7. The standard InChI is InChI=1S/C19H14N4O3S2/c1-2-25-19(24)16-12(11(7-20)17(21)28-16)8-27-18-15-14(22-9-23-18)10-5-3-4-6-13(10)26-15/h3-6,9H,2,8,21H2,1H3. The van der Waals surface area contributed by atoms with E-state index in [4.69, 9.17) is 14.9 Å². The molecule has 0 radical (unpaired) electrons. The zero-order valence-electron chi connectivity index (χ0n) is 14.8. The number of fused-ring (bicyclic) bond motifs is 3. The number of nitrogens with two attached hydrogens (primary N) is 1. The number of anilines is 1. The topological polar surface area (TPSA) is 115 Å². The summed E-state index contributed by atoms with van der Waals surface area (Å²) in [5, 5.41) is 11.3. The van der Waals surface area contributed by atoms with Gasteiger partial charge in [-0.2, -0.15) is 5.26 Å². The first-order valence-corrected chi connectivity index (χ1v) is 10.2. The van der Waals surface area contributed by atoms with Gasteiger partial charge in [0.15, 0.2) is 5.58 Å². The number of carbonyl (C=O) groups excluding carboxylic acids is 1. The number of para-hydroxylation sites is 1.